The molecule has 2 aliphatic rings. The molecule has 1 aliphatic carbocycles. The Morgan fingerprint density at radius 3 is 2.91 bits per heavy atom. The molecule has 3 rings (SSSR count). The smallest absolute Gasteiger partial charge is 0.123 e. The quantitative estimate of drug-likeness (QED) is 0.596. The molecule has 0 amide bonds. The van der Waals surface area contributed by atoms with Crippen molar-refractivity contribution in [2.24, 2.45) is 5.92 Å². The average molecular weight is 305 g/mol. The maximum atomic E-state index is 13.0. The van der Waals surface area contributed by atoms with E-state index in [1.807, 2.05) is 12.1 Å². The third kappa shape index (κ3) is 3.75. The third-order valence-electron chi connectivity index (χ3n) is 4.64. The Hall–Kier alpha value is -1.23. The van der Waals surface area contributed by atoms with E-state index in [1.54, 1.807) is 6.08 Å². The van der Waals surface area contributed by atoms with Gasteiger partial charge < -0.3 is 9.47 Å². The van der Waals surface area contributed by atoms with Gasteiger partial charge in [0.25, 0.3) is 0 Å². The number of rotatable bonds is 6. The van der Waals surface area contributed by atoms with Crippen LogP contribution in [0.4, 0.5) is 4.39 Å². The highest BCUT2D eigenvalue weighted by Crippen LogP contribution is 2.35. The van der Waals surface area contributed by atoms with E-state index in [0.717, 1.165) is 44.7 Å². The molecule has 3 atom stereocenters. The Morgan fingerprint density at radius 2 is 2.14 bits per heavy atom. The molecular weight excluding hydrogens is 281 g/mol. The summed E-state index contributed by atoms with van der Waals surface area (Å²) in [5.74, 6) is 0.382. The number of morpholine rings is 1. The van der Waals surface area contributed by atoms with Crippen LogP contribution in [0.25, 0.3) is 0 Å². The van der Waals surface area contributed by atoms with Gasteiger partial charge in [-0.1, -0.05) is 18.2 Å². The first-order chi connectivity index (χ1) is 10.8. The Morgan fingerprint density at radius 1 is 1.32 bits per heavy atom. The summed E-state index contributed by atoms with van der Waals surface area (Å²) in [6.45, 7) is 7.67. The average Bonchev–Trinajstić information content (AvgIpc) is 2.94. The number of hydrogen-bond acceptors (Lipinski definition) is 3. The highest BCUT2D eigenvalue weighted by Gasteiger charge is 2.40. The summed E-state index contributed by atoms with van der Waals surface area (Å²) in [5.41, 5.74) is 1.16. The molecule has 3 nitrogen and oxygen atoms in total. The number of halogens is 1. The van der Waals surface area contributed by atoms with E-state index >= 15 is 0 Å². The number of fused-ring (bicyclic) bond motifs is 1. The molecule has 0 N–H and O–H groups in total. The number of ether oxygens (including phenoxy) is 2. The van der Waals surface area contributed by atoms with Gasteiger partial charge >= 0.3 is 0 Å². The molecule has 0 aromatic heterocycles. The molecule has 22 heavy (non-hydrogen) atoms. The Balaban J connectivity index is 1.58. The first-order valence-electron chi connectivity index (χ1n) is 8.05. The van der Waals surface area contributed by atoms with Gasteiger partial charge in [0.1, 0.15) is 5.82 Å². The zero-order valence-electron chi connectivity index (χ0n) is 12.9. The van der Waals surface area contributed by atoms with Crippen molar-refractivity contribution in [3.05, 3.63) is 48.3 Å². The molecule has 0 radical (unpaired) electrons. The van der Waals surface area contributed by atoms with Crippen LogP contribution in [0.15, 0.2) is 36.9 Å². The van der Waals surface area contributed by atoms with Crippen LogP contribution in [-0.4, -0.2) is 43.4 Å². The van der Waals surface area contributed by atoms with Gasteiger partial charge in [0.2, 0.25) is 0 Å². The van der Waals surface area contributed by atoms with Crippen LogP contribution in [-0.2, 0) is 16.0 Å². The molecule has 1 aromatic rings. The minimum absolute atomic E-state index is 0.177. The Bertz CT molecular complexity index is 490. The fourth-order valence-corrected chi connectivity index (χ4v) is 3.60. The lowest BCUT2D eigenvalue weighted by molar-refractivity contribution is -0.0591. The summed E-state index contributed by atoms with van der Waals surface area (Å²) in [6.07, 6.45) is 4.29. The van der Waals surface area contributed by atoms with Crippen molar-refractivity contribution >= 4 is 0 Å². The van der Waals surface area contributed by atoms with Crippen LogP contribution in [0, 0.1) is 11.7 Å². The standard InChI is InChI=1S/C18H24FNO2/c1-2-8-21-13-15-10-17-18(11-15)22-9-7-20(17)12-14-3-5-16(19)6-4-14/h2-6,15,17-18H,1,7-13H2/t15-,17+,18-/m0/s1. The van der Waals surface area contributed by atoms with Crippen LogP contribution in [0.2, 0.25) is 0 Å². The first-order valence-corrected chi connectivity index (χ1v) is 8.05. The summed E-state index contributed by atoms with van der Waals surface area (Å²) in [5, 5.41) is 0. The third-order valence-corrected chi connectivity index (χ3v) is 4.64. The van der Waals surface area contributed by atoms with Crippen LogP contribution in [0.1, 0.15) is 18.4 Å². The highest BCUT2D eigenvalue weighted by atomic mass is 19.1. The van der Waals surface area contributed by atoms with E-state index in [9.17, 15) is 4.39 Å². The second kappa shape index (κ2) is 7.36. The van der Waals surface area contributed by atoms with Crippen molar-refractivity contribution in [3.63, 3.8) is 0 Å². The van der Waals surface area contributed by atoms with Gasteiger partial charge in [-0.3, -0.25) is 4.90 Å². The predicted molar refractivity (Wildman–Crippen MR) is 84.1 cm³/mol. The topological polar surface area (TPSA) is 21.7 Å². The maximum Gasteiger partial charge on any atom is 0.123 e. The first kappa shape index (κ1) is 15.7. The summed E-state index contributed by atoms with van der Waals surface area (Å²) >= 11 is 0. The van der Waals surface area contributed by atoms with Gasteiger partial charge in [-0.25, -0.2) is 4.39 Å². The summed E-state index contributed by atoms with van der Waals surface area (Å²) in [6, 6.07) is 7.27. The van der Waals surface area contributed by atoms with Crippen molar-refractivity contribution < 1.29 is 13.9 Å². The molecule has 1 saturated carbocycles. The maximum absolute atomic E-state index is 13.0. The molecule has 0 spiro atoms. The van der Waals surface area contributed by atoms with Crippen molar-refractivity contribution in [1.82, 2.24) is 4.90 Å². The number of nitrogens with zero attached hydrogens (tertiary/aromatic N) is 1. The lowest BCUT2D eigenvalue weighted by Gasteiger charge is -2.37. The van der Waals surface area contributed by atoms with E-state index in [2.05, 4.69) is 11.5 Å². The van der Waals surface area contributed by atoms with Crippen LogP contribution in [0.3, 0.4) is 0 Å². The minimum atomic E-state index is -0.177. The molecule has 0 bridgehead atoms. The molecule has 4 heteroatoms. The second-order valence-corrected chi connectivity index (χ2v) is 6.24. The largest absolute Gasteiger partial charge is 0.377 e. The van der Waals surface area contributed by atoms with E-state index in [0.29, 0.717) is 24.7 Å². The van der Waals surface area contributed by atoms with Crippen LogP contribution < -0.4 is 0 Å². The fourth-order valence-electron chi connectivity index (χ4n) is 3.60. The summed E-state index contributed by atoms with van der Waals surface area (Å²) < 4.78 is 24.6. The SMILES string of the molecule is C=CCOC[C@@H]1C[C@@H]2OCCN(Cc3ccc(F)cc3)[C@@H]2C1. The lowest BCUT2D eigenvalue weighted by Crippen LogP contribution is -2.47. The second-order valence-electron chi connectivity index (χ2n) is 6.24. The van der Waals surface area contributed by atoms with Crippen LogP contribution in [0.5, 0.6) is 0 Å². The van der Waals surface area contributed by atoms with Crippen molar-refractivity contribution in [2.75, 3.05) is 26.4 Å². The van der Waals surface area contributed by atoms with Gasteiger partial charge in [0, 0.05) is 25.7 Å². The van der Waals surface area contributed by atoms with Crippen molar-refractivity contribution in [1.29, 1.82) is 0 Å². The van der Waals surface area contributed by atoms with Gasteiger partial charge in [0.15, 0.2) is 0 Å². The molecule has 0 unspecified atom stereocenters. The normalized spacial score (nSPS) is 28.5. The Kier molecular flexibility index (Phi) is 5.24. The highest BCUT2D eigenvalue weighted by molar-refractivity contribution is 5.16. The monoisotopic (exact) mass is 305 g/mol. The molecule has 1 heterocycles. The van der Waals surface area contributed by atoms with E-state index < -0.39 is 0 Å². The van der Waals surface area contributed by atoms with Crippen LogP contribution >= 0.6 is 0 Å². The molecule has 2 fully saturated rings. The summed E-state index contributed by atoms with van der Waals surface area (Å²) in [4.78, 5) is 2.48. The van der Waals surface area contributed by atoms with Gasteiger partial charge in [-0.05, 0) is 36.5 Å². The number of benzene rings is 1. The van der Waals surface area contributed by atoms with Gasteiger partial charge in [-0.15, -0.1) is 6.58 Å². The number of hydrogen-bond donors (Lipinski definition) is 0. The molecule has 1 aliphatic heterocycles. The molecular formula is C18H24FNO2. The zero-order valence-corrected chi connectivity index (χ0v) is 12.9. The fraction of sp³-hybridized carbons (Fsp3) is 0.556. The minimum Gasteiger partial charge on any atom is -0.377 e. The molecule has 120 valence electrons. The molecule has 1 aromatic carbocycles. The van der Waals surface area contributed by atoms with Gasteiger partial charge in [0.05, 0.1) is 19.3 Å². The van der Waals surface area contributed by atoms with Crippen molar-refractivity contribution in [2.45, 2.75) is 31.5 Å². The van der Waals surface area contributed by atoms with Gasteiger partial charge in [-0.2, -0.15) is 0 Å². The summed E-state index contributed by atoms with van der Waals surface area (Å²) in [7, 11) is 0. The predicted octanol–water partition coefficient (Wildman–Crippen LogP) is 3.01. The van der Waals surface area contributed by atoms with E-state index in [4.69, 9.17) is 9.47 Å². The zero-order chi connectivity index (χ0) is 15.4. The lowest BCUT2D eigenvalue weighted by atomic mass is 10.1. The van der Waals surface area contributed by atoms with Crippen molar-refractivity contribution in [3.8, 4) is 0 Å². The van der Waals surface area contributed by atoms with E-state index in [1.165, 1.54) is 12.1 Å². The van der Waals surface area contributed by atoms with E-state index in [-0.39, 0.29) is 5.82 Å². The Labute approximate surface area is 131 Å². The molecule has 1 saturated heterocycles.